The summed E-state index contributed by atoms with van der Waals surface area (Å²) in [5, 5.41) is 11.0. The Morgan fingerprint density at radius 1 is 0.958 bits per heavy atom. The van der Waals surface area contributed by atoms with E-state index >= 15 is 0 Å². The number of hydrogen-bond donors (Lipinski definition) is 1. The van der Waals surface area contributed by atoms with Crippen LogP contribution in [0.1, 0.15) is 24.8 Å². The van der Waals surface area contributed by atoms with Gasteiger partial charge in [-0.2, -0.15) is 0 Å². The molecule has 0 amide bonds. The summed E-state index contributed by atoms with van der Waals surface area (Å²) in [6.45, 7) is 2.26. The van der Waals surface area contributed by atoms with Crippen molar-refractivity contribution in [1.82, 2.24) is 4.90 Å². The van der Waals surface area contributed by atoms with Crippen LogP contribution in [0.2, 0.25) is 0 Å². The molecular weight excluding hydrogens is 366 g/mol. The van der Waals surface area contributed by atoms with Gasteiger partial charge in [-0.1, -0.05) is 61.0 Å². The Morgan fingerprint density at radius 3 is 2.42 bits per heavy atom. The van der Waals surface area contributed by atoms with Crippen LogP contribution in [0.5, 0.6) is 0 Å². The molecule has 0 spiro atoms. The van der Waals surface area contributed by atoms with E-state index in [-0.39, 0.29) is 17.0 Å². The van der Waals surface area contributed by atoms with Gasteiger partial charge in [0.25, 0.3) is 0 Å². The Labute approximate surface area is 154 Å². The minimum atomic E-state index is -1.18. The van der Waals surface area contributed by atoms with Crippen molar-refractivity contribution in [2.45, 2.75) is 31.1 Å². The minimum absolute atomic E-state index is 0. The molecule has 2 unspecified atom stereocenters. The fourth-order valence-corrected chi connectivity index (χ4v) is 3.74. The van der Waals surface area contributed by atoms with Gasteiger partial charge in [0.1, 0.15) is 0 Å². The highest BCUT2D eigenvalue weighted by Gasteiger charge is 2.41. The van der Waals surface area contributed by atoms with Crippen LogP contribution in [-0.2, 0) is 10.5 Å². The topological polar surface area (TPSA) is 32.7 Å². The third kappa shape index (κ3) is 3.42. The van der Waals surface area contributed by atoms with Crippen molar-refractivity contribution in [3.8, 4) is 11.1 Å². The molecule has 2 aromatic rings. The van der Waals surface area contributed by atoms with Crippen LogP contribution in [0.25, 0.3) is 11.1 Å². The minimum Gasteiger partial charge on any atom is -0.361 e. The average Bonchev–Trinajstić information content (AvgIpc) is 2.62. The van der Waals surface area contributed by atoms with E-state index in [2.05, 4.69) is 29.2 Å². The molecule has 2 aliphatic rings. The standard InChI is InChI=1S/C20H23NO2.BrH/c22-20(15-21-13-5-4-8-19(21)14-23-20)18-11-9-17(10-12-18)16-6-2-1-3-7-16;/h1-3,6-7,9-12,19,22H,4-5,8,13-15H2;1H. The number of rotatable bonds is 2. The lowest BCUT2D eigenvalue weighted by atomic mass is 9.95. The predicted octanol–water partition coefficient (Wildman–Crippen LogP) is 3.96. The number of nitrogens with zero attached hydrogens (tertiary/aromatic N) is 1. The molecule has 0 aliphatic carbocycles. The van der Waals surface area contributed by atoms with Crippen LogP contribution in [0, 0.1) is 0 Å². The zero-order valence-corrected chi connectivity index (χ0v) is 15.4. The van der Waals surface area contributed by atoms with Crippen LogP contribution < -0.4 is 0 Å². The molecule has 3 nitrogen and oxygen atoms in total. The van der Waals surface area contributed by atoms with Crippen molar-refractivity contribution in [2.24, 2.45) is 0 Å². The summed E-state index contributed by atoms with van der Waals surface area (Å²) in [5.41, 5.74) is 3.19. The van der Waals surface area contributed by atoms with E-state index < -0.39 is 5.79 Å². The second kappa shape index (κ2) is 7.36. The summed E-state index contributed by atoms with van der Waals surface area (Å²) >= 11 is 0. The highest BCUT2D eigenvalue weighted by molar-refractivity contribution is 8.93. The van der Waals surface area contributed by atoms with Crippen molar-refractivity contribution in [1.29, 1.82) is 0 Å². The maximum absolute atomic E-state index is 11.0. The number of morpholine rings is 1. The lowest BCUT2D eigenvalue weighted by Crippen LogP contribution is -2.56. The molecule has 2 heterocycles. The number of piperidine rings is 1. The molecule has 0 radical (unpaired) electrons. The van der Waals surface area contributed by atoms with Crippen LogP contribution in [0.15, 0.2) is 54.6 Å². The van der Waals surface area contributed by atoms with Gasteiger partial charge in [-0.15, -0.1) is 17.0 Å². The van der Waals surface area contributed by atoms with E-state index in [9.17, 15) is 5.11 Å². The van der Waals surface area contributed by atoms with E-state index in [1.165, 1.54) is 24.8 Å². The van der Waals surface area contributed by atoms with Gasteiger partial charge in [-0.3, -0.25) is 4.90 Å². The molecule has 1 N–H and O–H groups in total. The molecule has 0 saturated carbocycles. The SMILES string of the molecule is Br.OC1(c2ccc(-c3ccccc3)cc2)CN2CCCCC2CO1. The summed E-state index contributed by atoms with van der Waals surface area (Å²) in [6, 6.07) is 18.9. The van der Waals surface area contributed by atoms with Gasteiger partial charge in [0.2, 0.25) is 5.79 Å². The Bertz CT molecular complexity index is 661. The monoisotopic (exact) mass is 389 g/mol. The Hall–Kier alpha value is -1.20. The molecule has 2 aliphatic heterocycles. The number of benzene rings is 2. The van der Waals surface area contributed by atoms with Gasteiger partial charge in [0.15, 0.2) is 0 Å². The largest absolute Gasteiger partial charge is 0.361 e. The van der Waals surface area contributed by atoms with Gasteiger partial charge < -0.3 is 9.84 Å². The second-order valence-electron chi connectivity index (χ2n) is 6.66. The molecule has 4 rings (SSSR count). The van der Waals surface area contributed by atoms with Gasteiger partial charge in [0.05, 0.1) is 13.2 Å². The maximum atomic E-state index is 11.0. The average molecular weight is 390 g/mol. The molecule has 2 saturated heterocycles. The Morgan fingerprint density at radius 2 is 1.67 bits per heavy atom. The van der Waals surface area contributed by atoms with Crippen LogP contribution in [0.3, 0.4) is 0 Å². The lowest BCUT2D eigenvalue weighted by Gasteiger charge is -2.46. The van der Waals surface area contributed by atoms with Crippen molar-refractivity contribution < 1.29 is 9.84 Å². The fourth-order valence-electron chi connectivity index (χ4n) is 3.74. The molecule has 4 heteroatoms. The summed E-state index contributed by atoms with van der Waals surface area (Å²) in [5.74, 6) is -1.18. The lowest BCUT2D eigenvalue weighted by molar-refractivity contribution is -0.264. The van der Waals surface area contributed by atoms with E-state index in [4.69, 9.17) is 4.74 Å². The number of ether oxygens (including phenoxy) is 1. The zero-order chi connectivity index (χ0) is 15.7. The maximum Gasteiger partial charge on any atom is 0.205 e. The smallest absolute Gasteiger partial charge is 0.205 e. The fraction of sp³-hybridized carbons (Fsp3) is 0.400. The normalized spacial score (nSPS) is 27.1. The summed E-state index contributed by atoms with van der Waals surface area (Å²) in [7, 11) is 0. The number of fused-ring (bicyclic) bond motifs is 1. The van der Waals surface area contributed by atoms with E-state index in [0.29, 0.717) is 19.2 Å². The van der Waals surface area contributed by atoms with Crippen LogP contribution >= 0.6 is 17.0 Å². The van der Waals surface area contributed by atoms with E-state index in [1.54, 1.807) is 0 Å². The summed E-state index contributed by atoms with van der Waals surface area (Å²) < 4.78 is 5.88. The number of aliphatic hydroxyl groups is 1. The van der Waals surface area contributed by atoms with Crippen molar-refractivity contribution in [3.05, 3.63) is 60.2 Å². The highest BCUT2D eigenvalue weighted by Crippen LogP contribution is 2.33. The quantitative estimate of drug-likeness (QED) is 0.843. The van der Waals surface area contributed by atoms with Gasteiger partial charge in [-0.25, -0.2) is 0 Å². The first-order valence-electron chi connectivity index (χ1n) is 8.51. The molecule has 2 fully saturated rings. The molecule has 2 aromatic carbocycles. The molecule has 0 bridgehead atoms. The zero-order valence-electron chi connectivity index (χ0n) is 13.7. The molecule has 2 atom stereocenters. The third-order valence-corrected chi connectivity index (χ3v) is 5.12. The highest BCUT2D eigenvalue weighted by atomic mass is 79.9. The van der Waals surface area contributed by atoms with Crippen molar-refractivity contribution in [3.63, 3.8) is 0 Å². The number of hydrogen-bond acceptors (Lipinski definition) is 3. The molecule has 24 heavy (non-hydrogen) atoms. The van der Waals surface area contributed by atoms with Crippen LogP contribution in [0.4, 0.5) is 0 Å². The van der Waals surface area contributed by atoms with E-state index in [0.717, 1.165) is 17.7 Å². The molecule has 0 aromatic heterocycles. The van der Waals surface area contributed by atoms with E-state index in [1.807, 2.05) is 30.3 Å². The molecular formula is C20H24BrNO2. The first-order valence-corrected chi connectivity index (χ1v) is 8.51. The van der Waals surface area contributed by atoms with Crippen molar-refractivity contribution in [2.75, 3.05) is 19.7 Å². The first kappa shape index (κ1) is 17.6. The summed E-state index contributed by atoms with van der Waals surface area (Å²) in [4.78, 5) is 2.39. The third-order valence-electron chi connectivity index (χ3n) is 5.12. The van der Waals surface area contributed by atoms with Gasteiger partial charge >= 0.3 is 0 Å². The summed E-state index contributed by atoms with van der Waals surface area (Å²) in [6.07, 6.45) is 3.68. The van der Waals surface area contributed by atoms with Gasteiger partial charge in [-0.05, 0) is 30.5 Å². The number of halogens is 1. The van der Waals surface area contributed by atoms with Crippen molar-refractivity contribution >= 4 is 17.0 Å². The first-order chi connectivity index (χ1) is 11.2. The predicted molar refractivity (Wildman–Crippen MR) is 101 cm³/mol. The van der Waals surface area contributed by atoms with Crippen LogP contribution in [-0.4, -0.2) is 35.7 Å². The second-order valence-corrected chi connectivity index (χ2v) is 6.66. The van der Waals surface area contributed by atoms with Gasteiger partial charge in [0, 0.05) is 11.6 Å². The Balaban J connectivity index is 0.00000169. The molecule has 128 valence electrons. The Kier molecular flexibility index (Phi) is 5.40.